The molecule has 0 bridgehead atoms. The summed E-state index contributed by atoms with van der Waals surface area (Å²) in [6.07, 6.45) is 8.86. The van der Waals surface area contributed by atoms with Crippen LogP contribution in [0.3, 0.4) is 0 Å². The van der Waals surface area contributed by atoms with E-state index in [4.69, 9.17) is 28.4 Å². The molecule has 0 aromatic heterocycles. The monoisotopic (exact) mass is 524 g/mol. The molecule has 0 N–H and O–H groups in total. The van der Waals surface area contributed by atoms with Crippen LogP contribution < -0.4 is 0 Å². The zero-order valence-corrected chi connectivity index (χ0v) is 23.6. The predicted molar refractivity (Wildman–Crippen MR) is 140 cm³/mol. The van der Waals surface area contributed by atoms with Crippen molar-refractivity contribution in [2.75, 3.05) is 0 Å². The van der Waals surface area contributed by atoms with E-state index in [0.29, 0.717) is 11.8 Å². The lowest BCUT2D eigenvalue weighted by Crippen LogP contribution is -2.40. The summed E-state index contributed by atoms with van der Waals surface area (Å²) in [5.74, 6) is 0.293. The van der Waals surface area contributed by atoms with Crippen molar-refractivity contribution in [3.8, 4) is 0 Å². The second-order valence-corrected chi connectivity index (χ2v) is 10.9. The molecule has 0 spiro atoms. The van der Waals surface area contributed by atoms with Gasteiger partial charge in [0.15, 0.2) is 12.6 Å². The summed E-state index contributed by atoms with van der Waals surface area (Å²) in [6.45, 7) is 18.7. The first-order valence-electron chi connectivity index (χ1n) is 13.7. The molecule has 2 fully saturated rings. The first-order chi connectivity index (χ1) is 17.4. The number of esters is 2. The van der Waals surface area contributed by atoms with E-state index in [1.165, 1.54) is 0 Å². The smallest absolute Gasteiger partial charge is 0.332 e. The van der Waals surface area contributed by atoms with E-state index in [0.717, 1.165) is 63.5 Å². The van der Waals surface area contributed by atoms with E-state index >= 15 is 0 Å². The number of carbonyl (C=O) groups excluding carboxylic acids is 2. The summed E-state index contributed by atoms with van der Waals surface area (Å²) in [4.78, 5) is 22.6. The molecule has 8 nitrogen and oxygen atoms in total. The van der Waals surface area contributed by atoms with Gasteiger partial charge in [-0.2, -0.15) is 0 Å². The molecular formula is C29H48O8. The Morgan fingerprint density at radius 2 is 0.973 bits per heavy atom. The molecule has 0 saturated heterocycles. The maximum Gasteiger partial charge on any atom is 0.332 e. The van der Waals surface area contributed by atoms with Crippen LogP contribution in [0.5, 0.6) is 0 Å². The van der Waals surface area contributed by atoms with Gasteiger partial charge in [0.2, 0.25) is 12.6 Å². The molecule has 0 radical (unpaired) electrons. The average Bonchev–Trinajstić information content (AvgIpc) is 2.84. The number of hydrogen-bond donors (Lipinski definition) is 0. The molecule has 37 heavy (non-hydrogen) atoms. The highest BCUT2D eigenvalue weighted by molar-refractivity contribution is 5.81. The van der Waals surface area contributed by atoms with Crippen molar-refractivity contribution >= 4 is 11.9 Å². The van der Waals surface area contributed by atoms with Crippen molar-refractivity contribution in [2.24, 2.45) is 17.3 Å². The van der Waals surface area contributed by atoms with Crippen LogP contribution >= 0.6 is 0 Å². The average molecular weight is 525 g/mol. The maximum absolute atomic E-state index is 11.3. The molecule has 2 aliphatic carbocycles. The summed E-state index contributed by atoms with van der Waals surface area (Å²) in [5.41, 5.74) is 0.251. The molecule has 0 aliphatic heterocycles. The van der Waals surface area contributed by atoms with Crippen LogP contribution in [-0.4, -0.2) is 49.3 Å². The maximum atomic E-state index is 11.3. The van der Waals surface area contributed by atoms with Crippen LogP contribution in [0.1, 0.15) is 92.9 Å². The van der Waals surface area contributed by atoms with Crippen LogP contribution in [0.15, 0.2) is 25.3 Å². The molecule has 4 atom stereocenters. The molecule has 8 heteroatoms. The van der Waals surface area contributed by atoms with Gasteiger partial charge in [0.1, 0.15) is 0 Å². The lowest BCUT2D eigenvalue weighted by atomic mass is 9.60. The SMILES string of the molecule is C=CC(=O)OC(C)OC(C)OC1CCC(C(C)(C)C2CCC(OC(C)OC(C)OC(=O)C=C)CC2)CC1. The molecule has 0 heterocycles. The Hall–Kier alpha value is -1.74. The van der Waals surface area contributed by atoms with Gasteiger partial charge in [-0.15, -0.1) is 0 Å². The highest BCUT2D eigenvalue weighted by Gasteiger charge is 2.41. The van der Waals surface area contributed by atoms with Crippen molar-refractivity contribution < 1.29 is 38.0 Å². The fraction of sp³-hybridized carbons (Fsp3) is 0.793. The standard InChI is InChI=1S/C29H48O8/c1-9-27(30)36-21(5)32-19(3)34-25-15-11-23(12-16-25)29(7,8)24-13-17-26(18-14-24)35-20(4)33-22(6)37-28(31)10-2/h9-10,19-26H,1-2,11-18H2,3-8H3. The zero-order valence-electron chi connectivity index (χ0n) is 23.6. The molecule has 0 aromatic rings. The van der Waals surface area contributed by atoms with Gasteiger partial charge in [0.25, 0.3) is 0 Å². The number of ether oxygens (including phenoxy) is 6. The molecule has 2 saturated carbocycles. The quantitative estimate of drug-likeness (QED) is 0.154. The Kier molecular flexibility index (Phi) is 12.8. The fourth-order valence-corrected chi connectivity index (χ4v) is 5.84. The van der Waals surface area contributed by atoms with Gasteiger partial charge >= 0.3 is 11.9 Å². The number of hydrogen-bond acceptors (Lipinski definition) is 8. The third-order valence-electron chi connectivity index (χ3n) is 7.89. The van der Waals surface area contributed by atoms with Gasteiger partial charge in [-0.25, -0.2) is 9.59 Å². The summed E-state index contributed by atoms with van der Waals surface area (Å²) < 4.78 is 33.6. The highest BCUT2D eigenvalue weighted by atomic mass is 16.8. The van der Waals surface area contributed by atoms with E-state index in [9.17, 15) is 9.59 Å². The van der Waals surface area contributed by atoms with Gasteiger partial charge < -0.3 is 28.4 Å². The van der Waals surface area contributed by atoms with E-state index in [1.54, 1.807) is 13.8 Å². The summed E-state index contributed by atoms with van der Waals surface area (Å²) in [5, 5.41) is 0. The molecule has 0 aromatic carbocycles. The Labute approximate surface area is 223 Å². The zero-order chi connectivity index (χ0) is 27.6. The van der Waals surface area contributed by atoms with Crippen LogP contribution in [0, 0.1) is 17.3 Å². The van der Waals surface area contributed by atoms with Crippen molar-refractivity contribution in [1.29, 1.82) is 0 Å². The molecule has 0 amide bonds. The Morgan fingerprint density at radius 3 is 1.27 bits per heavy atom. The normalized spacial score (nSPS) is 27.8. The van der Waals surface area contributed by atoms with Gasteiger partial charge in [-0.05, 0) is 96.3 Å². The van der Waals surface area contributed by atoms with Crippen molar-refractivity contribution in [3.63, 3.8) is 0 Å². The minimum atomic E-state index is -0.678. The first-order valence-corrected chi connectivity index (χ1v) is 13.7. The van der Waals surface area contributed by atoms with Gasteiger partial charge in [-0.3, -0.25) is 0 Å². The summed E-state index contributed by atoms with van der Waals surface area (Å²) in [6, 6.07) is 0. The third kappa shape index (κ3) is 10.5. The van der Waals surface area contributed by atoms with Crippen molar-refractivity contribution in [3.05, 3.63) is 25.3 Å². The van der Waals surface area contributed by atoms with Gasteiger partial charge in [0, 0.05) is 12.2 Å². The Balaban J connectivity index is 1.71. The van der Waals surface area contributed by atoms with E-state index in [1.807, 2.05) is 13.8 Å². The topological polar surface area (TPSA) is 89.5 Å². The summed E-state index contributed by atoms with van der Waals surface area (Å²) >= 11 is 0. The van der Waals surface area contributed by atoms with Gasteiger partial charge in [-0.1, -0.05) is 27.0 Å². The van der Waals surface area contributed by atoms with Crippen LogP contribution in [0.2, 0.25) is 0 Å². The van der Waals surface area contributed by atoms with E-state index in [2.05, 4.69) is 27.0 Å². The van der Waals surface area contributed by atoms with Crippen LogP contribution in [0.25, 0.3) is 0 Å². The lowest BCUT2D eigenvalue weighted by molar-refractivity contribution is -0.243. The lowest BCUT2D eigenvalue weighted by Gasteiger charge is -2.47. The third-order valence-corrected chi connectivity index (χ3v) is 7.89. The molecule has 2 rings (SSSR count). The fourth-order valence-electron chi connectivity index (χ4n) is 5.84. The van der Waals surface area contributed by atoms with Gasteiger partial charge in [0.05, 0.1) is 12.2 Å². The number of carbonyl (C=O) groups is 2. The second kappa shape index (κ2) is 15.0. The molecule has 212 valence electrons. The Bertz CT molecular complexity index is 674. The van der Waals surface area contributed by atoms with E-state index in [-0.39, 0.29) is 17.6 Å². The first kappa shape index (κ1) is 31.5. The highest BCUT2D eigenvalue weighted by Crippen LogP contribution is 2.49. The van der Waals surface area contributed by atoms with Crippen LogP contribution in [0.4, 0.5) is 0 Å². The van der Waals surface area contributed by atoms with E-state index < -0.39 is 37.1 Å². The Morgan fingerprint density at radius 1 is 0.649 bits per heavy atom. The molecular weight excluding hydrogens is 476 g/mol. The van der Waals surface area contributed by atoms with Crippen molar-refractivity contribution in [1.82, 2.24) is 0 Å². The molecule has 2 aliphatic rings. The van der Waals surface area contributed by atoms with Crippen LogP contribution in [-0.2, 0) is 38.0 Å². The minimum absolute atomic E-state index is 0.156. The molecule has 4 unspecified atom stereocenters. The number of rotatable bonds is 14. The predicted octanol–water partition coefficient (Wildman–Crippen LogP) is 6.04. The van der Waals surface area contributed by atoms with Crippen molar-refractivity contribution in [2.45, 2.75) is 130 Å². The second-order valence-electron chi connectivity index (χ2n) is 10.9. The summed E-state index contributed by atoms with van der Waals surface area (Å²) in [7, 11) is 0. The minimum Gasteiger partial charge on any atom is -0.433 e. The largest absolute Gasteiger partial charge is 0.433 e.